The van der Waals surface area contributed by atoms with Crippen LogP contribution in [0.25, 0.3) is 0 Å². The van der Waals surface area contributed by atoms with Gasteiger partial charge in [-0.3, -0.25) is 9.97 Å². The molecule has 2 aromatic rings. The Balaban J connectivity index is 1.87. The van der Waals surface area contributed by atoms with E-state index in [0.29, 0.717) is 24.4 Å². The van der Waals surface area contributed by atoms with Gasteiger partial charge in [0.15, 0.2) is 0 Å². The van der Waals surface area contributed by atoms with Gasteiger partial charge in [-0.15, -0.1) is 0 Å². The normalized spacial score (nSPS) is 13.1. The number of alkyl halides is 3. The number of hydrogen-bond acceptors (Lipinski definition) is 3. The van der Waals surface area contributed by atoms with E-state index in [1.165, 1.54) is 24.4 Å². The Kier molecular flexibility index (Phi) is 5.07. The van der Waals surface area contributed by atoms with E-state index in [1.54, 1.807) is 6.92 Å². The second-order valence-electron chi connectivity index (χ2n) is 4.83. The van der Waals surface area contributed by atoms with Crippen LogP contribution < -0.4 is 5.32 Å². The largest absolute Gasteiger partial charge is 0.417 e. The topological polar surface area (TPSA) is 37.8 Å². The highest BCUT2D eigenvalue weighted by molar-refractivity contribution is 5.17. The van der Waals surface area contributed by atoms with Gasteiger partial charge in [-0.2, -0.15) is 13.2 Å². The molecule has 0 bridgehead atoms. The van der Waals surface area contributed by atoms with Crippen molar-refractivity contribution in [2.24, 2.45) is 0 Å². The standard InChI is InChI=1S/C15H15F4N3/c1-10(14-13(16)3-2-7-21-14)20-8-6-12-5-4-11(9-22-12)15(17,18)19/h2-5,7,9-10,20H,6,8H2,1H3. The summed E-state index contributed by atoms with van der Waals surface area (Å²) in [5.41, 5.74) is 0.0743. The Bertz CT molecular complexity index is 611. The van der Waals surface area contributed by atoms with Gasteiger partial charge in [-0.25, -0.2) is 4.39 Å². The molecule has 0 aliphatic carbocycles. The molecule has 0 amide bonds. The van der Waals surface area contributed by atoms with Crippen molar-refractivity contribution in [3.8, 4) is 0 Å². The monoisotopic (exact) mass is 313 g/mol. The van der Waals surface area contributed by atoms with Crippen molar-refractivity contribution in [1.82, 2.24) is 15.3 Å². The third-order valence-corrected chi connectivity index (χ3v) is 3.18. The molecule has 3 nitrogen and oxygen atoms in total. The van der Waals surface area contributed by atoms with Crippen molar-refractivity contribution in [2.45, 2.75) is 25.6 Å². The van der Waals surface area contributed by atoms with E-state index < -0.39 is 17.6 Å². The van der Waals surface area contributed by atoms with Crippen LogP contribution in [0.1, 0.15) is 29.9 Å². The maximum Gasteiger partial charge on any atom is 0.417 e. The number of nitrogens with one attached hydrogen (secondary N) is 1. The third-order valence-electron chi connectivity index (χ3n) is 3.18. The highest BCUT2D eigenvalue weighted by Crippen LogP contribution is 2.28. The summed E-state index contributed by atoms with van der Waals surface area (Å²) in [5, 5.41) is 3.07. The molecule has 0 fully saturated rings. The second-order valence-corrected chi connectivity index (χ2v) is 4.83. The first-order chi connectivity index (χ1) is 10.4. The highest BCUT2D eigenvalue weighted by Gasteiger charge is 2.30. The van der Waals surface area contributed by atoms with Crippen LogP contribution in [0.15, 0.2) is 36.7 Å². The molecule has 1 atom stereocenters. The van der Waals surface area contributed by atoms with E-state index in [1.807, 2.05) is 0 Å². The lowest BCUT2D eigenvalue weighted by molar-refractivity contribution is -0.137. The Morgan fingerprint density at radius 2 is 1.95 bits per heavy atom. The van der Waals surface area contributed by atoms with Crippen molar-refractivity contribution >= 4 is 0 Å². The number of pyridine rings is 2. The molecule has 7 heteroatoms. The van der Waals surface area contributed by atoms with E-state index >= 15 is 0 Å². The molecule has 1 N–H and O–H groups in total. The minimum Gasteiger partial charge on any atom is -0.308 e. The fourth-order valence-electron chi connectivity index (χ4n) is 1.97. The number of aromatic nitrogens is 2. The Morgan fingerprint density at radius 1 is 1.18 bits per heavy atom. The van der Waals surface area contributed by atoms with Gasteiger partial charge >= 0.3 is 6.18 Å². The van der Waals surface area contributed by atoms with Crippen LogP contribution in [0.5, 0.6) is 0 Å². The van der Waals surface area contributed by atoms with Gasteiger partial charge in [-0.1, -0.05) is 0 Å². The van der Waals surface area contributed by atoms with E-state index in [2.05, 4.69) is 15.3 Å². The molecule has 0 aromatic carbocycles. The van der Waals surface area contributed by atoms with Crippen molar-refractivity contribution < 1.29 is 17.6 Å². The number of rotatable bonds is 5. The van der Waals surface area contributed by atoms with Crippen LogP contribution in [0, 0.1) is 5.82 Å². The molecule has 1 unspecified atom stereocenters. The van der Waals surface area contributed by atoms with E-state index in [4.69, 9.17) is 0 Å². The molecule has 0 aliphatic heterocycles. The molecular formula is C15H15F4N3. The minimum absolute atomic E-state index is 0.296. The van der Waals surface area contributed by atoms with Crippen molar-refractivity contribution in [3.63, 3.8) is 0 Å². The van der Waals surface area contributed by atoms with Gasteiger partial charge in [0.25, 0.3) is 0 Å². The predicted molar refractivity (Wildman–Crippen MR) is 73.6 cm³/mol. The lowest BCUT2D eigenvalue weighted by Crippen LogP contribution is -2.23. The van der Waals surface area contributed by atoms with Crippen molar-refractivity contribution in [3.05, 3.63) is 59.4 Å². The molecule has 0 saturated heterocycles. The van der Waals surface area contributed by atoms with Gasteiger partial charge in [0.1, 0.15) is 5.82 Å². The molecule has 2 aromatic heterocycles. The van der Waals surface area contributed by atoms with Crippen molar-refractivity contribution in [2.75, 3.05) is 6.54 Å². The third kappa shape index (κ3) is 4.24. The van der Waals surface area contributed by atoms with Gasteiger partial charge in [-0.05, 0) is 31.2 Å². The lowest BCUT2D eigenvalue weighted by Gasteiger charge is -2.13. The Hall–Kier alpha value is -2.02. The maximum atomic E-state index is 13.5. The first-order valence-electron chi connectivity index (χ1n) is 6.74. The SMILES string of the molecule is CC(NCCc1ccc(C(F)(F)F)cn1)c1ncccc1F. The van der Waals surface area contributed by atoms with Crippen LogP contribution in [0.4, 0.5) is 17.6 Å². The van der Waals surface area contributed by atoms with Crippen LogP contribution in [-0.4, -0.2) is 16.5 Å². The van der Waals surface area contributed by atoms with Crippen molar-refractivity contribution in [1.29, 1.82) is 0 Å². The molecule has 2 rings (SSSR count). The summed E-state index contributed by atoms with van der Waals surface area (Å²) in [6, 6.07) is 4.90. The maximum absolute atomic E-state index is 13.5. The summed E-state index contributed by atoms with van der Waals surface area (Å²) in [6.07, 6.45) is -1.61. The van der Waals surface area contributed by atoms with Gasteiger partial charge < -0.3 is 5.32 Å². The summed E-state index contributed by atoms with van der Waals surface area (Å²) < 4.78 is 50.7. The van der Waals surface area contributed by atoms with Crippen LogP contribution >= 0.6 is 0 Å². The summed E-state index contributed by atoms with van der Waals surface area (Å²) in [7, 11) is 0. The summed E-state index contributed by atoms with van der Waals surface area (Å²) in [6.45, 7) is 2.22. The summed E-state index contributed by atoms with van der Waals surface area (Å²) in [5.74, 6) is -0.393. The van der Waals surface area contributed by atoms with Crippen LogP contribution in [0.2, 0.25) is 0 Å². The zero-order chi connectivity index (χ0) is 16.2. The quantitative estimate of drug-likeness (QED) is 0.858. The Labute approximate surface area is 125 Å². The van der Waals surface area contributed by atoms with Crippen LogP contribution in [-0.2, 0) is 12.6 Å². The molecule has 0 aliphatic rings. The molecule has 0 saturated carbocycles. The summed E-state index contributed by atoms with van der Waals surface area (Å²) in [4.78, 5) is 7.75. The fourth-order valence-corrected chi connectivity index (χ4v) is 1.97. The molecule has 22 heavy (non-hydrogen) atoms. The average molecular weight is 313 g/mol. The number of nitrogens with zero attached hydrogens (tertiary/aromatic N) is 2. The minimum atomic E-state index is -4.38. The van der Waals surface area contributed by atoms with Gasteiger partial charge in [0.05, 0.1) is 11.3 Å². The number of halogens is 4. The van der Waals surface area contributed by atoms with Gasteiger partial charge in [0.2, 0.25) is 0 Å². The average Bonchev–Trinajstić information content (AvgIpc) is 2.47. The summed E-state index contributed by atoms with van der Waals surface area (Å²) >= 11 is 0. The zero-order valence-electron chi connectivity index (χ0n) is 11.9. The first kappa shape index (κ1) is 16.4. The zero-order valence-corrected chi connectivity index (χ0v) is 11.9. The smallest absolute Gasteiger partial charge is 0.308 e. The first-order valence-corrected chi connectivity index (χ1v) is 6.74. The molecular weight excluding hydrogens is 298 g/mol. The number of hydrogen-bond donors (Lipinski definition) is 1. The second kappa shape index (κ2) is 6.83. The van der Waals surface area contributed by atoms with Crippen LogP contribution in [0.3, 0.4) is 0 Å². The molecule has 2 heterocycles. The molecule has 118 valence electrons. The van der Waals surface area contributed by atoms with Gasteiger partial charge in [0, 0.05) is 37.1 Å². The molecule has 0 radical (unpaired) electrons. The van der Waals surface area contributed by atoms with E-state index in [9.17, 15) is 17.6 Å². The highest BCUT2D eigenvalue weighted by atomic mass is 19.4. The lowest BCUT2D eigenvalue weighted by atomic mass is 10.2. The Morgan fingerprint density at radius 3 is 2.55 bits per heavy atom. The van der Waals surface area contributed by atoms with E-state index in [0.717, 1.165) is 12.3 Å². The van der Waals surface area contributed by atoms with E-state index in [-0.39, 0.29) is 6.04 Å². The fraction of sp³-hybridized carbons (Fsp3) is 0.333. The predicted octanol–water partition coefficient (Wildman–Crippen LogP) is 3.53. The molecule has 0 spiro atoms.